The van der Waals surface area contributed by atoms with Gasteiger partial charge in [-0.2, -0.15) is 0 Å². The summed E-state index contributed by atoms with van der Waals surface area (Å²) in [4.78, 5) is 19.7. The van der Waals surface area contributed by atoms with Gasteiger partial charge in [0.25, 0.3) is 5.91 Å². The first-order valence-electron chi connectivity index (χ1n) is 8.56. The first kappa shape index (κ1) is 16.2. The lowest BCUT2D eigenvalue weighted by atomic mass is 10.1. The zero-order valence-electron chi connectivity index (χ0n) is 14.1. The van der Waals surface area contributed by atoms with E-state index in [4.69, 9.17) is 9.72 Å². The average molecular weight is 352 g/mol. The van der Waals surface area contributed by atoms with Crippen LogP contribution in [0.15, 0.2) is 48.5 Å². The number of nitrogens with zero attached hydrogens (tertiary/aromatic N) is 2. The van der Waals surface area contributed by atoms with Gasteiger partial charge in [0.15, 0.2) is 5.13 Å². The number of anilines is 1. The summed E-state index contributed by atoms with van der Waals surface area (Å²) in [7, 11) is 0. The largest absolute Gasteiger partial charge is 0.376 e. The number of aromatic nitrogens is 1. The maximum atomic E-state index is 13.2. The quantitative estimate of drug-likeness (QED) is 0.697. The molecule has 0 radical (unpaired) electrons. The van der Waals surface area contributed by atoms with Crippen molar-refractivity contribution in [3.8, 4) is 0 Å². The lowest BCUT2D eigenvalue weighted by molar-refractivity contribution is 0.0917. The van der Waals surface area contributed by atoms with E-state index in [0.717, 1.165) is 40.4 Å². The van der Waals surface area contributed by atoms with Crippen molar-refractivity contribution in [1.82, 2.24) is 4.98 Å². The maximum Gasteiger partial charge on any atom is 0.260 e. The molecule has 1 amide bonds. The maximum absolute atomic E-state index is 13.2. The van der Waals surface area contributed by atoms with Crippen molar-refractivity contribution in [2.24, 2.45) is 0 Å². The van der Waals surface area contributed by atoms with Crippen LogP contribution in [0.25, 0.3) is 10.2 Å². The summed E-state index contributed by atoms with van der Waals surface area (Å²) >= 11 is 1.55. The van der Waals surface area contributed by atoms with Gasteiger partial charge in [0.05, 0.1) is 22.9 Å². The number of fused-ring (bicyclic) bond motifs is 1. The summed E-state index contributed by atoms with van der Waals surface area (Å²) in [6, 6.07) is 15.7. The Bertz CT molecular complexity index is 866. The van der Waals surface area contributed by atoms with Gasteiger partial charge in [-0.25, -0.2) is 4.98 Å². The molecular formula is C20H20N2O2S. The second kappa shape index (κ2) is 6.94. The molecule has 1 aromatic heterocycles. The number of para-hydroxylation sites is 1. The number of hydrogen-bond donors (Lipinski definition) is 0. The number of ether oxygens (including phenoxy) is 1. The van der Waals surface area contributed by atoms with Crippen molar-refractivity contribution in [3.63, 3.8) is 0 Å². The summed E-state index contributed by atoms with van der Waals surface area (Å²) in [5.41, 5.74) is 2.70. The molecule has 0 saturated carbocycles. The average Bonchev–Trinajstić information content (AvgIpc) is 3.28. The standard InChI is InChI=1S/C20H20N2O2S/c1-14-6-4-7-15(12-14)19(23)22(13-16-8-5-11-24-16)20-21-17-9-2-3-10-18(17)25-20/h2-4,6-7,9-10,12,16H,5,8,11,13H2,1H3/t16-/m0/s1. The molecule has 25 heavy (non-hydrogen) atoms. The molecule has 0 spiro atoms. The first-order valence-corrected chi connectivity index (χ1v) is 9.38. The molecule has 1 aliphatic heterocycles. The smallest absolute Gasteiger partial charge is 0.260 e. The van der Waals surface area contributed by atoms with Crippen LogP contribution >= 0.6 is 11.3 Å². The van der Waals surface area contributed by atoms with Crippen LogP contribution in [0.4, 0.5) is 5.13 Å². The van der Waals surface area contributed by atoms with Crippen LogP contribution in [-0.4, -0.2) is 30.1 Å². The Morgan fingerprint density at radius 1 is 1.28 bits per heavy atom. The summed E-state index contributed by atoms with van der Waals surface area (Å²) in [5, 5.41) is 0.739. The predicted octanol–water partition coefficient (Wildman–Crippen LogP) is 4.43. The first-order chi connectivity index (χ1) is 12.2. The lowest BCUT2D eigenvalue weighted by Gasteiger charge is -2.23. The molecule has 1 atom stereocenters. The van der Waals surface area contributed by atoms with Crippen LogP contribution in [0.2, 0.25) is 0 Å². The van der Waals surface area contributed by atoms with Gasteiger partial charge < -0.3 is 4.74 Å². The van der Waals surface area contributed by atoms with E-state index in [1.54, 1.807) is 16.2 Å². The van der Waals surface area contributed by atoms with Gasteiger partial charge in [0.1, 0.15) is 0 Å². The Labute approximate surface area is 151 Å². The molecule has 1 fully saturated rings. The van der Waals surface area contributed by atoms with Crippen molar-refractivity contribution in [2.45, 2.75) is 25.9 Å². The number of amides is 1. The molecule has 5 heteroatoms. The van der Waals surface area contributed by atoms with E-state index in [2.05, 4.69) is 0 Å². The highest BCUT2D eigenvalue weighted by molar-refractivity contribution is 7.22. The van der Waals surface area contributed by atoms with Gasteiger partial charge in [0.2, 0.25) is 0 Å². The minimum absolute atomic E-state index is 0.0155. The number of carbonyl (C=O) groups is 1. The summed E-state index contributed by atoms with van der Waals surface area (Å²) in [6.45, 7) is 3.32. The third kappa shape index (κ3) is 3.43. The molecular weight excluding hydrogens is 332 g/mol. The van der Waals surface area contributed by atoms with Crippen molar-refractivity contribution < 1.29 is 9.53 Å². The van der Waals surface area contributed by atoms with Gasteiger partial charge in [-0.15, -0.1) is 0 Å². The monoisotopic (exact) mass is 352 g/mol. The number of thiazole rings is 1. The summed E-state index contributed by atoms with van der Waals surface area (Å²) < 4.78 is 6.86. The van der Waals surface area contributed by atoms with Crippen molar-refractivity contribution >= 4 is 32.6 Å². The second-order valence-corrected chi connectivity index (χ2v) is 7.39. The molecule has 4 rings (SSSR count). The second-order valence-electron chi connectivity index (χ2n) is 6.38. The molecule has 0 unspecified atom stereocenters. The topological polar surface area (TPSA) is 42.4 Å². The molecule has 0 N–H and O–H groups in total. The van der Waals surface area contributed by atoms with E-state index in [1.807, 2.05) is 55.5 Å². The van der Waals surface area contributed by atoms with Crippen LogP contribution < -0.4 is 4.90 Å². The Morgan fingerprint density at radius 3 is 2.92 bits per heavy atom. The molecule has 4 nitrogen and oxygen atoms in total. The van der Waals surface area contributed by atoms with Crippen LogP contribution in [0.1, 0.15) is 28.8 Å². The van der Waals surface area contributed by atoms with Crippen molar-refractivity contribution in [1.29, 1.82) is 0 Å². The van der Waals surface area contributed by atoms with E-state index in [-0.39, 0.29) is 12.0 Å². The number of carbonyl (C=O) groups excluding carboxylic acids is 1. The van der Waals surface area contributed by atoms with E-state index in [1.165, 1.54) is 0 Å². The molecule has 2 heterocycles. The van der Waals surface area contributed by atoms with Crippen LogP contribution in [-0.2, 0) is 4.74 Å². The van der Waals surface area contributed by atoms with Gasteiger partial charge in [-0.05, 0) is 44.0 Å². The Morgan fingerprint density at radius 2 is 2.16 bits per heavy atom. The van der Waals surface area contributed by atoms with Crippen LogP contribution in [0, 0.1) is 6.92 Å². The molecule has 3 aromatic rings. The third-order valence-electron chi connectivity index (χ3n) is 4.43. The van der Waals surface area contributed by atoms with Crippen LogP contribution in [0.5, 0.6) is 0 Å². The summed E-state index contributed by atoms with van der Waals surface area (Å²) in [6.07, 6.45) is 2.13. The van der Waals surface area contributed by atoms with E-state index in [9.17, 15) is 4.79 Å². The molecule has 128 valence electrons. The molecule has 1 saturated heterocycles. The van der Waals surface area contributed by atoms with Crippen LogP contribution in [0.3, 0.4) is 0 Å². The minimum atomic E-state index is -0.0155. The Kier molecular flexibility index (Phi) is 4.51. The zero-order valence-corrected chi connectivity index (χ0v) is 15.0. The van der Waals surface area contributed by atoms with E-state index >= 15 is 0 Å². The number of aryl methyl sites for hydroxylation is 1. The highest BCUT2D eigenvalue weighted by atomic mass is 32.1. The fourth-order valence-electron chi connectivity index (χ4n) is 3.15. The Hall–Kier alpha value is -2.24. The predicted molar refractivity (Wildman–Crippen MR) is 101 cm³/mol. The van der Waals surface area contributed by atoms with Gasteiger partial charge in [0, 0.05) is 12.2 Å². The van der Waals surface area contributed by atoms with Crippen molar-refractivity contribution in [3.05, 3.63) is 59.7 Å². The van der Waals surface area contributed by atoms with Crippen molar-refractivity contribution in [2.75, 3.05) is 18.1 Å². The molecule has 2 aromatic carbocycles. The molecule has 1 aliphatic rings. The van der Waals surface area contributed by atoms with Gasteiger partial charge in [-0.1, -0.05) is 41.2 Å². The lowest BCUT2D eigenvalue weighted by Crippen LogP contribution is -2.37. The highest BCUT2D eigenvalue weighted by Crippen LogP contribution is 2.30. The van der Waals surface area contributed by atoms with Gasteiger partial charge in [-0.3, -0.25) is 9.69 Å². The highest BCUT2D eigenvalue weighted by Gasteiger charge is 2.27. The van der Waals surface area contributed by atoms with E-state index in [0.29, 0.717) is 12.1 Å². The minimum Gasteiger partial charge on any atom is -0.376 e. The SMILES string of the molecule is Cc1cccc(C(=O)N(C[C@@H]2CCCO2)c2nc3ccccc3s2)c1. The third-order valence-corrected chi connectivity index (χ3v) is 5.49. The zero-order chi connectivity index (χ0) is 17.2. The van der Waals surface area contributed by atoms with E-state index < -0.39 is 0 Å². The number of benzene rings is 2. The van der Waals surface area contributed by atoms with Gasteiger partial charge >= 0.3 is 0 Å². The Balaban J connectivity index is 1.71. The summed E-state index contributed by atoms with van der Waals surface area (Å²) in [5.74, 6) is -0.0155. The fraction of sp³-hybridized carbons (Fsp3) is 0.300. The molecule has 0 aliphatic carbocycles. The number of rotatable bonds is 4. The fourth-order valence-corrected chi connectivity index (χ4v) is 4.12. The molecule has 0 bridgehead atoms. The normalized spacial score (nSPS) is 17.1. The number of hydrogen-bond acceptors (Lipinski definition) is 4.